The molecule has 2 rings (SSSR count). The minimum Gasteiger partial charge on any atom is -0.324 e. The van der Waals surface area contributed by atoms with E-state index < -0.39 is 4.92 Å². The second-order valence-corrected chi connectivity index (χ2v) is 6.97. The number of amides is 1. The Bertz CT molecular complexity index is 795. The zero-order valence-electron chi connectivity index (χ0n) is 14.3. The van der Waals surface area contributed by atoms with Crippen LogP contribution in [0.1, 0.15) is 25.5 Å². The molecule has 0 radical (unpaired) electrons. The van der Waals surface area contributed by atoms with Gasteiger partial charge in [0, 0.05) is 23.2 Å². The summed E-state index contributed by atoms with van der Waals surface area (Å²) in [5.41, 5.74) is 1.23. The van der Waals surface area contributed by atoms with Gasteiger partial charge in [0.15, 0.2) is 0 Å². The average molecular weight is 396 g/mol. The Morgan fingerprint density at radius 1 is 1.15 bits per heavy atom. The van der Waals surface area contributed by atoms with E-state index in [4.69, 9.17) is 23.2 Å². The van der Waals surface area contributed by atoms with Gasteiger partial charge in [-0.2, -0.15) is 0 Å². The van der Waals surface area contributed by atoms with Gasteiger partial charge in [-0.3, -0.25) is 14.9 Å². The molecule has 2 aromatic carbocycles. The number of anilines is 1. The molecule has 0 spiro atoms. The molecule has 26 heavy (non-hydrogen) atoms. The highest BCUT2D eigenvalue weighted by Crippen LogP contribution is 2.27. The van der Waals surface area contributed by atoms with Crippen molar-refractivity contribution in [1.82, 2.24) is 5.32 Å². The van der Waals surface area contributed by atoms with Crippen LogP contribution in [-0.4, -0.2) is 17.4 Å². The number of carbonyl (C=O) groups excluding carboxylic acids is 1. The van der Waals surface area contributed by atoms with Crippen molar-refractivity contribution in [3.63, 3.8) is 0 Å². The summed E-state index contributed by atoms with van der Waals surface area (Å²) in [7, 11) is 0. The summed E-state index contributed by atoms with van der Waals surface area (Å²) in [6.45, 7) is 4.17. The number of non-ortho nitro benzene ring substituents is 1. The van der Waals surface area contributed by atoms with Crippen molar-refractivity contribution >= 4 is 40.5 Å². The van der Waals surface area contributed by atoms with Crippen molar-refractivity contribution < 1.29 is 9.72 Å². The van der Waals surface area contributed by atoms with E-state index in [0.29, 0.717) is 10.7 Å². The first-order valence-electron chi connectivity index (χ1n) is 8.00. The number of nitro groups is 1. The second-order valence-electron chi connectivity index (χ2n) is 6.12. The fourth-order valence-corrected chi connectivity index (χ4v) is 2.87. The Kier molecular flexibility index (Phi) is 6.97. The predicted molar refractivity (Wildman–Crippen MR) is 104 cm³/mol. The van der Waals surface area contributed by atoms with Gasteiger partial charge in [-0.1, -0.05) is 49.2 Å². The lowest BCUT2D eigenvalue weighted by Gasteiger charge is -2.23. The molecule has 138 valence electrons. The van der Waals surface area contributed by atoms with E-state index in [2.05, 4.69) is 24.5 Å². The van der Waals surface area contributed by atoms with E-state index in [9.17, 15) is 14.9 Å². The number of nitro benzene ring substituents is 1. The van der Waals surface area contributed by atoms with Crippen LogP contribution in [0.15, 0.2) is 42.5 Å². The van der Waals surface area contributed by atoms with Crippen LogP contribution < -0.4 is 10.6 Å². The molecule has 0 bridgehead atoms. The number of halogens is 2. The highest BCUT2D eigenvalue weighted by Gasteiger charge is 2.17. The summed E-state index contributed by atoms with van der Waals surface area (Å²) in [6.07, 6.45) is 0. The first-order valence-corrected chi connectivity index (χ1v) is 8.76. The standard InChI is InChI=1S/C18H19Cl2N3O3/c1-11(2)18(12-3-5-13(19)6-4-12)21-10-17(24)22-16-8-7-14(23(25)26)9-15(16)20/h3-9,11,18,21H,10H2,1-2H3,(H,22,24). The molecule has 0 fully saturated rings. The van der Waals surface area contributed by atoms with Crippen molar-refractivity contribution in [1.29, 1.82) is 0 Å². The van der Waals surface area contributed by atoms with E-state index in [1.807, 2.05) is 24.3 Å². The molecule has 0 aliphatic carbocycles. The lowest BCUT2D eigenvalue weighted by molar-refractivity contribution is -0.384. The van der Waals surface area contributed by atoms with E-state index >= 15 is 0 Å². The molecule has 1 atom stereocenters. The Morgan fingerprint density at radius 3 is 2.35 bits per heavy atom. The molecule has 0 saturated heterocycles. The van der Waals surface area contributed by atoms with Crippen molar-refractivity contribution in [2.45, 2.75) is 19.9 Å². The molecule has 0 saturated carbocycles. The molecule has 6 nitrogen and oxygen atoms in total. The number of hydrogen-bond donors (Lipinski definition) is 2. The summed E-state index contributed by atoms with van der Waals surface area (Å²) in [6, 6.07) is 11.4. The van der Waals surface area contributed by atoms with Crippen LogP contribution in [0.25, 0.3) is 0 Å². The van der Waals surface area contributed by atoms with E-state index in [1.165, 1.54) is 18.2 Å². The number of benzene rings is 2. The van der Waals surface area contributed by atoms with Gasteiger partial charge < -0.3 is 10.6 Å². The first-order chi connectivity index (χ1) is 12.3. The maximum absolute atomic E-state index is 12.2. The van der Waals surface area contributed by atoms with Gasteiger partial charge in [0.1, 0.15) is 0 Å². The lowest BCUT2D eigenvalue weighted by atomic mass is 9.96. The van der Waals surface area contributed by atoms with Gasteiger partial charge in [-0.25, -0.2) is 0 Å². The van der Waals surface area contributed by atoms with Crippen LogP contribution in [0.4, 0.5) is 11.4 Å². The molecule has 1 amide bonds. The molecule has 2 aromatic rings. The van der Waals surface area contributed by atoms with Crippen LogP contribution in [0, 0.1) is 16.0 Å². The maximum Gasteiger partial charge on any atom is 0.271 e. The Labute approximate surface area is 161 Å². The van der Waals surface area contributed by atoms with Crippen LogP contribution in [0.2, 0.25) is 10.0 Å². The van der Waals surface area contributed by atoms with E-state index in [-0.39, 0.29) is 35.1 Å². The van der Waals surface area contributed by atoms with Crippen molar-refractivity contribution in [3.8, 4) is 0 Å². The summed E-state index contributed by atoms with van der Waals surface area (Å²) in [5, 5.41) is 17.4. The molecular weight excluding hydrogens is 377 g/mol. The topological polar surface area (TPSA) is 84.3 Å². The highest BCUT2D eigenvalue weighted by molar-refractivity contribution is 6.34. The predicted octanol–water partition coefficient (Wildman–Crippen LogP) is 4.83. The van der Waals surface area contributed by atoms with Crippen molar-refractivity contribution in [3.05, 3.63) is 68.2 Å². The molecule has 0 aliphatic heterocycles. The molecule has 0 heterocycles. The zero-order valence-corrected chi connectivity index (χ0v) is 15.8. The highest BCUT2D eigenvalue weighted by atomic mass is 35.5. The van der Waals surface area contributed by atoms with Crippen LogP contribution in [0.5, 0.6) is 0 Å². The molecule has 8 heteroatoms. The van der Waals surface area contributed by atoms with Gasteiger partial charge in [-0.05, 0) is 29.7 Å². The fourth-order valence-electron chi connectivity index (χ4n) is 2.52. The van der Waals surface area contributed by atoms with Crippen molar-refractivity contribution in [2.75, 3.05) is 11.9 Å². The number of rotatable bonds is 7. The van der Waals surface area contributed by atoms with Gasteiger partial charge in [-0.15, -0.1) is 0 Å². The first kappa shape index (κ1) is 20.2. The second kappa shape index (κ2) is 8.98. The number of nitrogens with one attached hydrogen (secondary N) is 2. The normalized spacial score (nSPS) is 12.0. The molecule has 0 aliphatic rings. The van der Waals surface area contributed by atoms with Gasteiger partial charge in [0.25, 0.3) is 5.69 Å². The Morgan fingerprint density at radius 2 is 1.81 bits per heavy atom. The molecule has 1 unspecified atom stereocenters. The largest absolute Gasteiger partial charge is 0.324 e. The monoisotopic (exact) mass is 395 g/mol. The Balaban J connectivity index is 2.00. The van der Waals surface area contributed by atoms with Gasteiger partial charge in [0.2, 0.25) is 5.91 Å². The van der Waals surface area contributed by atoms with Crippen LogP contribution in [0.3, 0.4) is 0 Å². The van der Waals surface area contributed by atoms with E-state index in [1.54, 1.807) is 0 Å². The zero-order chi connectivity index (χ0) is 19.3. The lowest BCUT2D eigenvalue weighted by Crippen LogP contribution is -2.33. The summed E-state index contributed by atoms with van der Waals surface area (Å²) in [4.78, 5) is 22.4. The van der Waals surface area contributed by atoms with Crippen LogP contribution >= 0.6 is 23.2 Å². The number of nitrogens with zero attached hydrogens (tertiary/aromatic N) is 1. The third-order valence-electron chi connectivity index (χ3n) is 3.82. The minimum atomic E-state index is -0.543. The third kappa shape index (κ3) is 5.42. The minimum absolute atomic E-state index is 0.0228. The van der Waals surface area contributed by atoms with Gasteiger partial charge >= 0.3 is 0 Å². The third-order valence-corrected chi connectivity index (χ3v) is 4.38. The summed E-state index contributed by atoms with van der Waals surface area (Å²) in [5.74, 6) is -0.0349. The Hall–Kier alpha value is -2.15. The summed E-state index contributed by atoms with van der Waals surface area (Å²) >= 11 is 11.9. The smallest absolute Gasteiger partial charge is 0.271 e. The molecular formula is C18H19Cl2N3O3. The summed E-state index contributed by atoms with van der Waals surface area (Å²) < 4.78 is 0. The number of carbonyl (C=O) groups is 1. The fraction of sp³-hybridized carbons (Fsp3) is 0.278. The van der Waals surface area contributed by atoms with Crippen LogP contribution in [-0.2, 0) is 4.79 Å². The van der Waals surface area contributed by atoms with E-state index in [0.717, 1.165) is 5.56 Å². The quantitative estimate of drug-likeness (QED) is 0.519. The number of hydrogen-bond acceptors (Lipinski definition) is 4. The maximum atomic E-state index is 12.2. The molecule has 2 N–H and O–H groups in total. The van der Waals surface area contributed by atoms with Gasteiger partial charge in [0.05, 0.1) is 22.2 Å². The SMILES string of the molecule is CC(C)C(NCC(=O)Nc1ccc([N+](=O)[O-])cc1Cl)c1ccc(Cl)cc1. The molecule has 0 aromatic heterocycles. The average Bonchev–Trinajstić information content (AvgIpc) is 2.58. The van der Waals surface area contributed by atoms with Crippen molar-refractivity contribution in [2.24, 2.45) is 5.92 Å².